The Balaban J connectivity index is 1.74. The Labute approximate surface area is 149 Å². The first-order chi connectivity index (χ1) is 12.0. The number of amides is 1. The van der Waals surface area contributed by atoms with Crippen LogP contribution in [0.3, 0.4) is 0 Å². The smallest absolute Gasteiger partial charge is 0.306 e. The van der Waals surface area contributed by atoms with Crippen molar-refractivity contribution in [3.63, 3.8) is 0 Å². The van der Waals surface area contributed by atoms with E-state index < -0.39 is 0 Å². The lowest BCUT2D eigenvalue weighted by atomic mass is 10.0. The molecule has 1 fully saturated rings. The molecule has 0 aliphatic heterocycles. The molecular formula is C20H27NO4. The first kappa shape index (κ1) is 19.2. The molecule has 0 heterocycles. The second-order valence-electron chi connectivity index (χ2n) is 6.99. The van der Waals surface area contributed by atoms with E-state index in [2.05, 4.69) is 5.32 Å². The van der Waals surface area contributed by atoms with Crippen molar-refractivity contribution in [3.8, 4) is 0 Å². The summed E-state index contributed by atoms with van der Waals surface area (Å²) < 4.78 is 5.09. The van der Waals surface area contributed by atoms with Crippen LogP contribution in [0.15, 0.2) is 24.3 Å². The van der Waals surface area contributed by atoms with E-state index in [1.165, 1.54) is 25.7 Å². The molecular weight excluding hydrogens is 318 g/mol. The minimum Gasteiger partial charge on any atom is -0.457 e. The quantitative estimate of drug-likeness (QED) is 0.571. The Bertz CT molecular complexity index is 601. The van der Waals surface area contributed by atoms with Gasteiger partial charge in [-0.05, 0) is 36.6 Å². The van der Waals surface area contributed by atoms with Crippen molar-refractivity contribution in [1.29, 1.82) is 0 Å². The third-order valence-electron chi connectivity index (χ3n) is 4.59. The third kappa shape index (κ3) is 6.33. The number of anilines is 1. The van der Waals surface area contributed by atoms with Gasteiger partial charge in [0.2, 0.25) is 5.91 Å². The van der Waals surface area contributed by atoms with Crippen molar-refractivity contribution in [3.05, 3.63) is 29.8 Å². The molecule has 1 aliphatic rings. The maximum atomic E-state index is 12.1. The highest BCUT2D eigenvalue weighted by atomic mass is 16.5. The number of carbonyl (C=O) groups excluding carboxylic acids is 3. The summed E-state index contributed by atoms with van der Waals surface area (Å²) in [4.78, 5) is 35.5. The molecule has 1 saturated carbocycles. The van der Waals surface area contributed by atoms with Gasteiger partial charge < -0.3 is 10.1 Å². The molecule has 0 radical (unpaired) electrons. The summed E-state index contributed by atoms with van der Waals surface area (Å²) in [6, 6.07) is 6.61. The highest BCUT2D eigenvalue weighted by Gasteiger charge is 2.17. The van der Waals surface area contributed by atoms with Gasteiger partial charge in [0.15, 0.2) is 12.4 Å². The Kier molecular flexibility index (Phi) is 7.16. The van der Waals surface area contributed by atoms with Gasteiger partial charge in [0.1, 0.15) is 0 Å². The monoisotopic (exact) mass is 345 g/mol. The Morgan fingerprint density at radius 1 is 1.12 bits per heavy atom. The van der Waals surface area contributed by atoms with E-state index in [0.29, 0.717) is 23.6 Å². The summed E-state index contributed by atoms with van der Waals surface area (Å²) >= 11 is 0. The van der Waals surface area contributed by atoms with Crippen LogP contribution in [-0.4, -0.2) is 24.3 Å². The van der Waals surface area contributed by atoms with Crippen LogP contribution < -0.4 is 5.32 Å². The lowest BCUT2D eigenvalue weighted by Crippen LogP contribution is -2.18. The van der Waals surface area contributed by atoms with Crippen molar-refractivity contribution >= 4 is 23.3 Å². The number of Topliss-reactive ketones (excluding diaryl/α,β-unsaturated/α-hetero) is 1. The fraction of sp³-hybridized carbons (Fsp3) is 0.550. The zero-order valence-corrected chi connectivity index (χ0v) is 15.0. The number of hydrogen-bond acceptors (Lipinski definition) is 4. The van der Waals surface area contributed by atoms with Gasteiger partial charge in [0, 0.05) is 23.6 Å². The SMILES string of the molecule is CC(C)C(=O)Nc1ccc(C(=O)COC(=O)CCC2CCCC2)cc1. The molecule has 136 valence electrons. The van der Waals surface area contributed by atoms with Crippen LogP contribution in [0.5, 0.6) is 0 Å². The second-order valence-corrected chi connectivity index (χ2v) is 6.99. The maximum absolute atomic E-state index is 12.1. The van der Waals surface area contributed by atoms with E-state index in [4.69, 9.17) is 4.74 Å². The van der Waals surface area contributed by atoms with E-state index in [1.54, 1.807) is 24.3 Å². The minimum atomic E-state index is -0.305. The molecule has 2 rings (SSSR count). The van der Waals surface area contributed by atoms with E-state index >= 15 is 0 Å². The summed E-state index contributed by atoms with van der Waals surface area (Å²) in [6.45, 7) is 3.39. The molecule has 5 nitrogen and oxygen atoms in total. The predicted molar refractivity (Wildman–Crippen MR) is 96.4 cm³/mol. The van der Waals surface area contributed by atoms with Crippen LogP contribution in [0.1, 0.15) is 62.7 Å². The van der Waals surface area contributed by atoms with Crippen molar-refractivity contribution in [2.75, 3.05) is 11.9 Å². The van der Waals surface area contributed by atoms with Gasteiger partial charge in [-0.1, -0.05) is 39.5 Å². The van der Waals surface area contributed by atoms with Crippen molar-refractivity contribution in [2.24, 2.45) is 11.8 Å². The Hall–Kier alpha value is -2.17. The average Bonchev–Trinajstić information content (AvgIpc) is 3.12. The first-order valence-corrected chi connectivity index (χ1v) is 9.05. The zero-order valence-electron chi connectivity index (χ0n) is 15.0. The molecule has 0 bridgehead atoms. The van der Waals surface area contributed by atoms with Crippen LogP contribution >= 0.6 is 0 Å². The summed E-state index contributed by atoms with van der Waals surface area (Å²) in [5.74, 6) is -0.0888. The lowest BCUT2D eigenvalue weighted by Gasteiger charge is -2.09. The molecule has 1 aliphatic carbocycles. The van der Waals surface area contributed by atoms with Crippen LogP contribution in [0.25, 0.3) is 0 Å². The number of nitrogens with one attached hydrogen (secondary N) is 1. The van der Waals surface area contributed by atoms with Gasteiger partial charge in [-0.25, -0.2) is 0 Å². The van der Waals surface area contributed by atoms with Crippen LogP contribution in [0.2, 0.25) is 0 Å². The zero-order chi connectivity index (χ0) is 18.2. The first-order valence-electron chi connectivity index (χ1n) is 9.05. The van der Waals surface area contributed by atoms with Crippen molar-refractivity contribution < 1.29 is 19.1 Å². The van der Waals surface area contributed by atoms with Gasteiger partial charge in [-0.15, -0.1) is 0 Å². The van der Waals surface area contributed by atoms with Gasteiger partial charge >= 0.3 is 5.97 Å². The molecule has 0 atom stereocenters. The predicted octanol–water partition coefficient (Wildman–Crippen LogP) is 3.98. The fourth-order valence-corrected chi connectivity index (χ4v) is 2.95. The van der Waals surface area contributed by atoms with Crippen LogP contribution in [-0.2, 0) is 14.3 Å². The number of rotatable bonds is 8. The molecule has 0 unspecified atom stereocenters. The number of ether oxygens (including phenoxy) is 1. The molecule has 1 amide bonds. The van der Waals surface area contributed by atoms with Gasteiger partial charge in [0.05, 0.1) is 0 Å². The molecule has 0 aromatic heterocycles. The summed E-state index contributed by atoms with van der Waals surface area (Å²) in [5, 5.41) is 2.77. The Morgan fingerprint density at radius 3 is 2.36 bits per heavy atom. The van der Waals surface area contributed by atoms with E-state index in [-0.39, 0.29) is 30.2 Å². The molecule has 1 aromatic carbocycles. The normalized spacial score (nSPS) is 14.5. The molecule has 0 spiro atoms. The molecule has 1 N–H and O–H groups in total. The third-order valence-corrected chi connectivity index (χ3v) is 4.59. The van der Waals surface area contributed by atoms with Crippen LogP contribution in [0, 0.1) is 11.8 Å². The standard InChI is InChI=1S/C20H27NO4/c1-14(2)20(24)21-17-10-8-16(9-11-17)18(22)13-25-19(23)12-7-15-5-3-4-6-15/h8-11,14-15H,3-7,12-13H2,1-2H3,(H,21,24). The van der Waals surface area contributed by atoms with Crippen LogP contribution in [0.4, 0.5) is 5.69 Å². The molecule has 25 heavy (non-hydrogen) atoms. The topological polar surface area (TPSA) is 72.5 Å². The summed E-state index contributed by atoms with van der Waals surface area (Å²) in [6.07, 6.45) is 6.16. The lowest BCUT2D eigenvalue weighted by molar-refractivity contribution is -0.142. The molecule has 5 heteroatoms. The maximum Gasteiger partial charge on any atom is 0.306 e. The average molecular weight is 345 g/mol. The largest absolute Gasteiger partial charge is 0.457 e. The van der Waals surface area contributed by atoms with Gasteiger partial charge in [-0.3, -0.25) is 14.4 Å². The minimum absolute atomic E-state index is 0.0738. The molecule has 0 saturated heterocycles. The second kappa shape index (κ2) is 9.35. The fourth-order valence-electron chi connectivity index (χ4n) is 2.95. The highest BCUT2D eigenvalue weighted by molar-refractivity contribution is 5.99. The van der Waals surface area contributed by atoms with E-state index in [9.17, 15) is 14.4 Å². The molecule has 1 aromatic rings. The van der Waals surface area contributed by atoms with Gasteiger partial charge in [-0.2, -0.15) is 0 Å². The number of ketones is 1. The van der Waals surface area contributed by atoms with Crippen molar-refractivity contribution in [2.45, 2.75) is 52.4 Å². The number of esters is 1. The number of benzene rings is 1. The number of hydrogen-bond donors (Lipinski definition) is 1. The number of carbonyl (C=O) groups is 3. The van der Waals surface area contributed by atoms with Gasteiger partial charge in [0.25, 0.3) is 0 Å². The van der Waals surface area contributed by atoms with E-state index in [1.807, 2.05) is 13.8 Å². The highest BCUT2D eigenvalue weighted by Crippen LogP contribution is 2.28. The summed E-state index contributed by atoms with van der Waals surface area (Å²) in [5.41, 5.74) is 1.11. The Morgan fingerprint density at radius 2 is 1.76 bits per heavy atom. The summed E-state index contributed by atoms with van der Waals surface area (Å²) in [7, 11) is 0. The van der Waals surface area contributed by atoms with Crippen molar-refractivity contribution in [1.82, 2.24) is 0 Å². The van der Waals surface area contributed by atoms with E-state index in [0.717, 1.165) is 6.42 Å².